The lowest BCUT2D eigenvalue weighted by Gasteiger charge is -2.32. The molecule has 1 aromatic carbocycles. The van der Waals surface area contributed by atoms with Crippen LogP contribution in [0.1, 0.15) is 12.8 Å². The van der Waals surface area contributed by atoms with E-state index in [9.17, 15) is 18.0 Å². The zero-order valence-corrected chi connectivity index (χ0v) is 13.9. The van der Waals surface area contributed by atoms with Crippen molar-refractivity contribution in [1.29, 1.82) is 0 Å². The van der Waals surface area contributed by atoms with Crippen LogP contribution in [0.5, 0.6) is 5.75 Å². The van der Waals surface area contributed by atoms with Crippen molar-refractivity contribution >= 4 is 17.4 Å². The quantitative estimate of drug-likeness (QED) is 0.895. The van der Waals surface area contributed by atoms with E-state index in [-0.39, 0.29) is 17.6 Å². The number of amides is 1. The van der Waals surface area contributed by atoms with Gasteiger partial charge in [0.25, 0.3) is 0 Å². The number of carbonyl (C=O) groups excluding carboxylic acids is 1. The Labute approximate surface area is 148 Å². The van der Waals surface area contributed by atoms with Gasteiger partial charge < -0.3 is 15.0 Å². The number of carbonyl (C=O) groups is 1. The number of nitrogens with zero attached hydrogens (tertiary/aromatic N) is 2. The Balaban J connectivity index is 1.52. The van der Waals surface area contributed by atoms with E-state index in [4.69, 9.17) is 0 Å². The van der Waals surface area contributed by atoms with Crippen molar-refractivity contribution in [3.8, 4) is 5.75 Å². The van der Waals surface area contributed by atoms with Crippen LogP contribution < -0.4 is 15.0 Å². The molecule has 2 heterocycles. The summed E-state index contributed by atoms with van der Waals surface area (Å²) in [6.45, 7) is 1.22. The lowest BCUT2D eigenvalue weighted by molar-refractivity contribution is -0.274. The molecule has 26 heavy (non-hydrogen) atoms. The number of piperidine rings is 1. The number of halogens is 3. The van der Waals surface area contributed by atoms with E-state index in [1.54, 1.807) is 0 Å². The van der Waals surface area contributed by atoms with Crippen molar-refractivity contribution in [2.45, 2.75) is 19.2 Å². The van der Waals surface area contributed by atoms with Gasteiger partial charge in [-0.3, -0.25) is 4.79 Å². The van der Waals surface area contributed by atoms with E-state index in [1.165, 1.54) is 12.1 Å². The fourth-order valence-corrected chi connectivity index (χ4v) is 2.89. The van der Waals surface area contributed by atoms with Crippen molar-refractivity contribution in [2.24, 2.45) is 5.92 Å². The first-order valence-electron chi connectivity index (χ1n) is 8.23. The Bertz CT molecular complexity index is 728. The van der Waals surface area contributed by atoms with Crippen LogP contribution in [0.2, 0.25) is 0 Å². The minimum atomic E-state index is -4.73. The Morgan fingerprint density at radius 3 is 2.38 bits per heavy atom. The van der Waals surface area contributed by atoms with E-state index in [1.807, 2.05) is 35.2 Å². The van der Waals surface area contributed by atoms with E-state index < -0.39 is 6.36 Å². The molecule has 1 fully saturated rings. The van der Waals surface area contributed by atoms with Crippen LogP contribution in [-0.2, 0) is 4.79 Å². The van der Waals surface area contributed by atoms with Gasteiger partial charge in [0.05, 0.1) is 6.20 Å². The van der Waals surface area contributed by atoms with Gasteiger partial charge in [-0.15, -0.1) is 13.2 Å². The van der Waals surface area contributed by atoms with Crippen LogP contribution >= 0.6 is 0 Å². The highest BCUT2D eigenvalue weighted by atomic mass is 19.4. The number of hydrogen-bond donors (Lipinski definition) is 1. The number of aromatic nitrogens is 1. The van der Waals surface area contributed by atoms with Crippen molar-refractivity contribution in [3.05, 3.63) is 48.7 Å². The summed E-state index contributed by atoms with van der Waals surface area (Å²) in [6.07, 6.45) is -2.37. The molecular weight excluding hydrogens is 347 g/mol. The van der Waals surface area contributed by atoms with E-state index in [0.717, 1.165) is 11.9 Å². The molecule has 0 radical (unpaired) electrons. The topological polar surface area (TPSA) is 54.5 Å². The second kappa shape index (κ2) is 7.63. The molecule has 5 nitrogen and oxygen atoms in total. The molecule has 2 aromatic rings. The minimum Gasteiger partial charge on any atom is -0.404 e. The number of anilines is 2. The van der Waals surface area contributed by atoms with Crippen LogP contribution in [-0.4, -0.2) is 30.3 Å². The Hall–Kier alpha value is -2.77. The number of rotatable bonds is 4. The van der Waals surface area contributed by atoms with Gasteiger partial charge in [0.15, 0.2) is 0 Å². The summed E-state index contributed by atoms with van der Waals surface area (Å²) in [5.41, 5.74) is 0.766. The predicted molar refractivity (Wildman–Crippen MR) is 90.9 cm³/mol. The highest BCUT2D eigenvalue weighted by Crippen LogP contribution is 2.26. The molecule has 1 saturated heterocycles. The molecule has 0 spiro atoms. The molecule has 1 amide bonds. The maximum absolute atomic E-state index is 12.3. The number of alkyl halides is 3. The Morgan fingerprint density at radius 2 is 1.81 bits per heavy atom. The lowest BCUT2D eigenvalue weighted by atomic mass is 9.96. The molecule has 1 aromatic heterocycles. The molecule has 138 valence electrons. The van der Waals surface area contributed by atoms with Crippen molar-refractivity contribution in [1.82, 2.24) is 4.98 Å². The molecule has 1 aliphatic rings. The van der Waals surface area contributed by atoms with E-state index in [2.05, 4.69) is 15.0 Å². The van der Waals surface area contributed by atoms with Gasteiger partial charge in [0.1, 0.15) is 11.6 Å². The van der Waals surface area contributed by atoms with Crippen LogP contribution in [0.3, 0.4) is 0 Å². The second-order valence-corrected chi connectivity index (χ2v) is 6.02. The van der Waals surface area contributed by atoms with Crippen LogP contribution in [0, 0.1) is 5.92 Å². The first kappa shape index (κ1) is 18.0. The molecule has 0 aliphatic carbocycles. The zero-order chi connectivity index (χ0) is 18.6. The molecule has 0 bridgehead atoms. The Morgan fingerprint density at radius 1 is 1.12 bits per heavy atom. The summed E-state index contributed by atoms with van der Waals surface area (Å²) in [7, 11) is 0. The number of nitrogens with one attached hydrogen (secondary N) is 1. The first-order valence-corrected chi connectivity index (χ1v) is 8.23. The maximum atomic E-state index is 12.3. The molecular formula is C18H18F3N3O2. The third-order valence-electron chi connectivity index (χ3n) is 4.19. The maximum Gasteiger partial charge on any atom is 0.573 e. The summed E-state index contributed by atoms with van der Waals surface area (Å²) < 4.78 is 40.3. The normalized spacial score (nSPS) is 15.6. The zero-order valence-electron chi connectivity index (χ0n) is 13.9. The van der Waals surface area contributed by atoms with Crippen LogP contribution in [0.15, 0.2) is 48.7 Å². The van der Waals surface area contributed by atoms with Gasteiger partial charge in [-0.2, -0.15) is 0 Å². The molecule has 0 unspecified atom stereocenters. The van der Waals surface area contributed by atoms with Crippen molar-refractivity contribution in [2.75, 3.05) is 23.3 Å². The standard InChI is InChI=1S/C18H18F3N3O2/c19-18(20,21)26-15-6-7-16(22-12-15)24-10-8-13(9-11-24)17(25)23-14-4-2-1-3-5-14/h1-7,12-13H,8-11H2,(H,23,25). The average molecular weight is 365 g/mol. The van der Waals surface area contributed by atoms with E-state index in [0.29, 0.717) is 31.7 Å². The Kier molecular flexibility index (Phi) is 5.29. The number of hydrogen-bond acceptors (Lipinski definition) is 4. The van der Waals surface area contributed by atoms with E-state index >= 15 is 0 Å². The molecule has 1 aliphatic heterocycles. The SMILES string of the molecule is O=C(Nc1ccccc1)C1CCN(c2ccc(OC(F)(F)F)cn2)CC1. The first-order chi connectivity index (χ1) is 12.4. The fraction of sp³-hybridized carbons (Fsp3) is 0.333. The fourth-order valence-electron chi connectivity index (χ4n) is 2.89. The third kappa shape index (κ3) is 4.87. The van der Waals surface area contributed by atoms with Gasteiger partial charge in [-0.25, -0.2) is 4.98 Å². The predicted octanol–water partition coefficient (Wildman–Crippen LogP) is 3.84. The second-order valence-electron chi connectivity index (χ2n) is 6.02. The number of para-hydroxylation sites is 1. The highest BCUT2D eigenvalue weighted by molar-refractivity contribution is 5.92. The molecule has 3 rings (SSSR count). The monoisotopic (exact) mass is 365 g/mol. The lowest BCUT2D eigenvalue weighted by Crippen LogP contribution is -2.38. The number of ether oxygens (including phenoxy) is 1. The summed E-state index contributed by atoms with van der Waals surface area (Å²) in [6, 6.07) is 12.0. The minimum absolute atomic E-state index is 0.0160. The van der Waals surface area contributed by atoms with Gasteiger partial charge in [-0.05, 0) is 37.1 Å². The van der Waals surface area contributed by atoms with Crippen LogP contribution in [0.4, 0.5) is 24.7 Å². The highest BCUT2D eigenvalue weighted by Gasteiger charge is 2.31. The molecule has 0 saturated carbocycles. The number of pyridine rings is 1. The average Bonchev–Trinajstić information content (AvgIpc) is 2.62. The van der Waals surface area contributed by atoms with Crippen molar-refractivity contribution < 1.29 is 22.7 Å². The largest absolute Gasteiger partial charge is 0.573 e. The van der Waals surface area contributed by atoms with Crippen LogP contribution in [0.25, 0.3) is 0 Å². The summed E-state index contributed by atoms with van der Waals surface area (Å²) in [5.74, 6) is 0.108. The molecule has 0 atom stereocenters. The van der Waals surface area contributed by atoms with Gasteiger partial charge in [-0.1, -0.05) is 18.2 Å². The summed E-state index contributed by atoms with van der Waals surface area (Å²) in [4.78, 5) is 18.3. The third-order valence-corrected chi connectivity index (χ3v) is 4.19. The smallest absolute Gasteiger partial charge is 0.404 e. The number of benzene rings is 1. The summed E-state index contributed by atoms with van der Waals surface area (Å²) >= 11 is 0. The van der Waals surface area contributed by atoms with Gasteiger partial charge in [0.2, 0.25) is 5.91 Å². The van der Waals surface area contributed by atoms with Crippen molar-refractivity contribution in [3.63, 3.8) is 0 Å². The molecule has 8 heteroatoms. The van der Waals surface area contributed by atoms with Gasteiger partial charge in [0, 0.05) is 24.7 Å². The summed E-state index contributed by atoms with van der Waals surface area (Å²) in [5, 5.41) is 2.90. The van der Waals surface area contributed by atoms with Gasteiger partial charge >= 0.3 is 6.36 Å². The molecule has 1 N–H and O–H groups in total.